The molecule has 0 radical (unpaired) electrons. The molecule has 0 aliphatic carbocycles. The minimum Gasteiger partial charge on any atom is -0.481 e. The van der Waals surface area contributed by atoms with E-state index in [-0.39, 0.29) is 17.9 Å². The van der Waals surface area contributed by atoms with Gasteiger partial charge in [-0.1, -0.05) is 30.3 Å². The number of benzene rings is 2. The van der Waals surface area contributed by atoms with Gasteiger partial charge in [0.25, 0.3) is 0 Å². The summed E-state index contributed by atoms with van der Waals surface area (Å²) in [5, 5.41) is 10.4. The molecule has 112 valence electrons. The highest BCUT2D eigenvalue weighted by Gasteiger charge is 2.20. The van der Waals surface area contributed by atoms with Crippen LogP contribution in [0.4, 0.5) is 0 Å². The molecule has 2 rings (SSSR count). The van der Waals surface area contributed by atoms with Crippen molar-refractivity contribution in [3.63, 3.8) is 0 Å². The van der Waals surface area contributed by atoms with Gasteiger partial charge in [-0.15, -0.1) is 0 Å². The molecule has 0 atom stereocenters. The highest BCUT2D eigenvalue weighted by Crippen LogP contribution is 2.21. The predicted octanol–water partition coefficient (Wildman–Crippen LogP) is 2.33. The summed E-state index contributed by atoms with van der Waals surface area (Å²) < 4.78 is 26.1. The fraction of sp³-hybridized carbons (Fsp3) is 0.267. The topological polar surface area (TPSA) is 74.7 Å². The lowest BCUT2D eigenvalue weighted by molar-refractivity contribution is -0.137. The van der Waals surface area contributed by atoms with Crippen LogP contribution in [0.2, 0.25) is 0 Å². The van der Waals surface area contributed by atoms with E-state index in [2.05, 4.69) is 0 Å². The molecule has 0 aromatic heterocycles. The monoisotopic (exact) mass is 307 g/mol. The highest BCUT2D eigenvalue weighted by atomic mass is 32.2. The number of rotatable bonds is 6. The number of carboxylic acid groups (broad SMARTS) is 1. The van der Waals surface area contributed by atoms with Crippen LogP contribution in [0.1, 0.15) is 12.8 Å². The zero-order chi connectivity index (χ0) is 15.5. The molecule has 21 heavy (non-hydrogen) atoms. The van der Waals surface area contributed by atoms with Gasteiger partial charge in [0.1, 0.15) is 0 Å². The zero-order valence-electron chi connectivity index (χ0n) is 11.7. The Morgan fingerprint density at radius 3 is 2.48 bits per heavy atom. The minimum atomic E-state index is -3.59. The molecular weight excluding hydrogens is 290 g/mol. The summed E-state index contributed by atoms with van der Waals surface area (Å²) in [6.07, 6.45) is 0.246. The van der Waals surface area contributed by atoms with Crippen LogP contribution in [-0.4, -0.2) is 37.4 Å². The maximum absolute atomic E-state index is 12.4. The summed E-state index contributed by atoms with van der Waals surface area (Å²) in [6.45, 7) is 0.182. The van der Waals surface area contributed by atoms with E-state index in [9.17, 15) is 13.2 Å². The summed E-state index contributed by atoms with van der Waals surface area (Å²) in [5.74, 6) is -0.925. The van der Waals surface area contributed by atoms with Crippen molar-refractivity contribution in [1.29, 1.82) is 0 Å². The lowest BCUT2D eigenvalue weighted by Gasteiger charge is -2.17. The van der Waals surface area contributed by atoms with Crippen LogP contribution in [0.25, 0.3) is 10.8 Å². The van der Waals surface area contributed by atoms with Crippen molar-refractivity contribution in [2.24, 2.45) is 0 Å². The van der Waals surface area contributed by atoms with E-state index in [0.29, 0.717) is 6.42 Å². The van der Waals surface area contributed by atoms with E-state index in [4.69, 9.17) is 5.11 Å². The maximum atomic E-state index is 12.4. The molecule has 2 aromatic carbocycles. The van der Waals surface area contributed by atoms with Gasteiger partial charge < -0.3 is 5.11 Å². The average Bonchev–Trinajstić information content (AvgIpc) is 2.46. The van der Waals surface area contributed by atoms with Crippen molar-refractivity contribution in [3.8, 4) is 0 Å². The average molecular weight is 307 g/mol. The molecule has 0 amide bonds. The number of sulfonamides is 1. The van der Waals surface area contributed by atoms with Gasteiger partial charge in [0.15, 0.2) is 0 Å². The van der Waals surface area contributed by atoms with E-state index < -0.39 is 16.0 Å². The third-order valence-corrected chi connectivity index (χ3v) is 5.15. The summed E-state index contributed by atoms with van der Waals surface area (Å²) in [4.78, 5) is 10.7. The largest absolute Gasteiger partial charge is 0.481 e. The molecule has 0 heterocycles. The van der Waals surface area contributed by atoms with Gasteiger partial charge in [0, 0.05) is 20.0 Å². The molecule has 0 spiro atoms. The lowest BCUT2D eigenvalue weighted by Crippen LogP contribution is -2.28. The molecule has 0 saturated heterocycles. The van der Waals surface area contributed by atoms with Crippen LogP contribution in [0.5, 0.6) is 0 Å². The van der Waals surface area contributed by atoms with Crippen LogP contribution in [0.15, 0.2) is 47.4 Å². The Hall–Kier alpha value is -1.92. The van der Waals surface area contributed by atoms with Crippen molar-refractivity contribution in [1.82, 2.24) is 4.31 Å². The van der Waals surface area contributed by atoms with Crippen LogP contribution in [0, 0.1) is 0 Å². The van der Waals surface area contributed by atoms with Crippen LogP contribution in [0.3, 0.4) is 0 Å². The first-order valence-corrected chi connectivity index (χ1v) is 8.02. The van der Waals surface area contributed by atoms with Crippen molar-refractivity contribution in [2.75, 3.05) is 13.6 Å². The van der Waals surface area contributed by atoms with Gasteiger partial charge in [-0.05, 0) is 29.3 Å². The quantitative estimate of drug-likeness (QED) is 0.888. The molecule has 0 bridgehead atoms. The Bertz CT molecular complexity index is 755. The maximum Gasteiger partial charge on any atom is 0.303 e. The second-order valence-corrected chi connectivity index (χ2v) is 6.88. The smallest absolute Gasteiger partial charge is 0.303 e. The van der Waals surface area contributed by atoms with Crippen molar-refractivity contribution >= 4 is 26.8 Å². The van der Waals surface area contributed by atoms with Gasteiger partial charge in [0.2, 0.25) is 10.0 Å². The number of carboxylic acids is 1. The molecule has 0 saturated carbocycles. The van der Waals surface area contributed by atoms with Gasteiger partial charge in [-0.25, -0.2) is 12.7 Å². The first-order valence-electron chi connectivity index (χ1n) is 6.58. The Balaban J connectivity index is 2.22. The fourth-order valence-corrected chi connectivity index (χ4v) is 3.33. The highest BCUT2D eigenvalue weighted by molar-refractivity contribution is 7.89. The summed E-state index contributed by atoms with van der Waals surface area (Å²) in [6, 6.07) is 12.5. The Morgan fingerprint density at radius 1 is 1.14 bits per heavy atom. The molecule has 1 N–H and O–H groups in total. The molecule has 6 heteroatoms. The van der Waals surface area contributed by atoms with Crippen LogP contribution >= 0.6 is 0 Å². The second-order valence-electron chi connectivity index (χ2n) is 4.83. The first kappa shape index (κ1) is 15.5. The van der Waals surface area contributed by atoms with E-state index in [1.807, 2.05) is 24.3 Å². The normalized spacial score (nSPS) is 11.9. The predicted molar refractivity (Wildman–Crippen MR) is 80.6 cm³/mol. The first-order chi connectivity index (χ1) is 9.91. The lowest BCUT2D eigenvalue weighted by atomic mass is 10.1. The summed E-state index contributed by atoms with van der Waals surface area (Å²) in [5.41, 5.74) is 0. The second kappa shape index (κ2) is 6.24. The molecule has 0 unspecified atom stereocenters. The van der Waals surface area contributed by atoms with Crippen LogP contribution in [-0.2, 0) is 14.8 Å². The summed E-state index contributed by atoms with van der Waals surface area (Å²) in [7, 11) is -2.12. The van der Waals surface area contributed by atoms with E-state index in [0.717, 1.165) is 10.8 Å². The van der Waals surface area contributed by atoms with Gasteiger partial charge in [-0.3, -0.25) is 4.79 Å². The standard InChI is InChI=1S/C15H17NO4S/c1-16(10-4-7-15(17)18)21(19,20)14-9-8-12-5-2-3-6-13(12)11-14/h2-3,5-6,8-9,11H,4,7,10H2,1H3,(H,17,18). The molecule has 0 aliphatic heterocycles. The Morgan fingerprint density at radius 2 is 1.81 bits per heavy atom. The molecule has 5 nitrogen and oxygen atoms in total. The Kier molecular flexibility index (Phi) is 4.59. The zero-order valence-corrected chi connectivity index (χ0v) is 12.5. The molecular formula is C15H17NO4S. The van der Waals surface area contributed by atoms with Gasteiger partial charge >= 0.3 is 5.97 Å². The van der Waals surface area contributed by atoms with Crippen molar-refractivity contribution in [2.45, 2.75) is 17.7 Å². The SMILES string of the molecule is CN(CCCC(=O)O)S(=O)(=O)c1ccc2ccccc2c1. The number of hydrogen-bond donors (Lipinski definition) is 1. The number of carbonyl (C=O) groups is 1. The van der Waals surface area contributed by atoms with Crippen LogP contribution < -0.4 is 0 Å². The van der Waals surface area contributed by atoms with Crippen molar-refractivity contribution in [3.05, 3.63) is 42.5 Å². The van der Waals surface area contributed by atoms with Gasteiger partial charge in [-0.2, -0.15) is 0 Å². The van der Waals surface area contributed by atoms with E-state index >= 15 is 0 Å². The number of fused-ring (bicyclic) bond motifs is 1. The third-order valence-electron chi connectivity index (χ3n) is 3.29. The summed E-state index contributed by atoms with van der Waals surface area (Å²) >= 11 is 0. The number of nitrogens with zero attached hydrogens (tertiary/aromatic N) is 1. The van der Waals surface area contributed by atoms with Crippen molar-refractivity contribution < 1.29 is 18.3 Å². The fourth-order valence-electron chi connectivity index (χ4n) is 2.08. The Labute approximate surface area is 123 Å². The number of hydrogen-bond acceptors (Lipinski definition) is 3. The van der Waals surface area contributed by atoms with E-state index in [1.54, 1.807) is 18.2 Å². The van der Waals surface area contributed by atoms with E-state index in [1.165, 1.54) is 11.4 Å². The third kappa shape index (κ3) is 3.59. The molecule has 2 aromatic rings. The van der Waals surface area contributed by atoms with Gasteiger partial charge in [0.05, 0.1) is 4.90 Å². The molecule has 0 aliphatic rings. The minimum absolute atomic E-state index is 0.0441. The molecule has 0 fully saturated rings. The number of aliphatic carboxylic acids is 1.